The summed E-state index contributed by atoms with van der Waals surface area (Å²) in [5.74, 6) is 0.134. The number of fused-ring (bicyclic) bond motifs is 1. The van der Waals surface area contributed by atoms with Gasteiger partial charge in [-0.05, 0) is 60.2 Å². The van der Waals surface area contributed by atoms with Crippen LogP contribution in [0.2, 0.25) is 0 Å². The fraction of sp³-hybridized carbons (Fsp3) is 0.333. The smallest absolute Gasteiger partial charge is 0.178 e. The molecule has 0 unspecified atom stereocenters. The Morgan fingerprint density at radius 3 is 2.45 bits per heavy atom. The molecule has 2 aromatic carbocycles. The Morgan fingerprint density at radius 1 is 1.00 bits per heavy atom. The normalized spacial score (nSPS) is 13.9. The Balaban J connectivity index is 1.67. The summed E-state index contributed by atoms with van der Waals surface area (Å²) in [5, 5.41) is 3.35. The third-order valence-electron chi connectivity index (χ3n) is 4.25. The molecule has 0 bridgehead atoms. The molecule has 1 aliphatic carbocycles. The number of hydrogen-bond donors (Lipinski definition) is 1. The van der Waals surface area contributed by atoms with Crippen LogP contribution < -0.4 is 5.32 Å². The topological polar surface area (TPSA) is 46.2 Å². The molecular formula is C18H21NO2S. The molecule has 0 spiro atoms. The van der Waals surface area contributed by atoms with Gasteiger partial charge in [-0.1, -0.05) is 25.1 Å². The number of nitrogens with one attached hydrogen (secondary N) is 1. The van der Waals surface area contributed by atoms with E-state index in [1.54, 1.807) is 19.1 Å². The van der Waals surface area contributed by atoms with Gasteiger partial charge in [0, 0.05) is 12.2 Å². The number of anilines is 1. The first-order valence-electron chi connectivity index (χ1n) is 7.76. The first-order chi connectivity index (χ1) is 10.6. The van der Waals surface area contributed by atoms with E-state index in [2.05, 4.69) is 23.5 Å². The first kappa shape index (κ1) is 15.1. The second kappa shape index (κ2) is 6.13. The zero-order chi connectivity index (χ0) is 15.6. The summed E-state index contributed by atoms with van der Waals surface area (Å²) < 4.78 is 23.6. The van der Waals surface area contributed by atoms with Crippen molar-refractivity contribution in [2.24, 2.45) is 0 Å². The van der Waals surface area contributed by atoms with E-state index in [9.17, 15) is 8.42 Å². The van der Waals surface area contributed by atoms with Gasteiger partial charge < -0.3 is 5.32 Å². The van der Waals surface area contributed by atoms with E-state index in [-0.39, 0.29) is 5.75 Å². The van der Waals surface area contributed by atoms with Crippen molar-refractivity contribution < 1.29 is 8.42 Å². The van der Waals surface area contributed by atoms with E-state index >= 15 is 0 Å². The summed E-state index contributed by atoms with van der Waals surface area (Å²) in [5.41, 5.74) is 5.17. The molecule has 3 nitrogen and oxygen atoms in total. The maximum atomic E-state index is 11.8. The average Bonchev–Trinajstić information content (AvgIpc) is 3.01. The molecule has 0 saturated heterocycles. The predicted molar refractivity (Wildman–Crippen MR) is 90.0 cm³/mol. The van der Waals surface area contributed by atoms with Gasteiger partial charge in [-0.3, -0.25) is 0 Å². The van der Waals surface area contributed by atoms with Gasteiger partial charge in [-0.25, -0.2) is 8.42 Å². The highest BCUT2D eigenvalue weighted by Crippen LogP contribution is 2.23. The molecule has 0 aliphatic heterocycles. The average molecular weight is 315 g/mol. The molecule has 0 radical (unpaired) electrons. The SMILES string of the molecule is CCS(=O)(=O)c1ccc(NCc2ccc3c(c2)CCC3)cc1. The number of benzene rings is 2. The van der Waals surface area contributed by atoms with Crippen LogP contribution in [-0.2, 0) is 29.2 Å². The number of hydrogen-bond acceptors (Lipinski definition) is 3. The minimum Gasteiger partial charge on any atom is -0.381 e. The van der Waals surface area contributed by atoms with Gasteiger partial charge in [-0.2, -0.15) is 0 Å². The fourth-order valence-electron chi connectivity index (χ4n) is 2.89. The third kappa shape index (κ3) is 3.17. The largest absolute Gasteiger partial charge is 0.381 e. The van der Waals surface area contributed by atoms with Crippen LogP contribution in [0.3, 0.4) is 0 Å². The van der Waals surface area contributed by atoms with Crippen molar-refractivity contribution in [3.05, 3.63) is 59.2 Å². The molecule has 4 heteroatoms. The van der Waals surface area contributed by atoms with Crippen LogP contribution in [0.4, 0.5) is 5.69 Å². The molecule has 0 atom stereocenters. The molecule has 1 N–H and O–H groups in total. The van der Waals surface area contributed by atoms with E-state index in [0.717, 1.165) is 12.2 Å². The second-order valence-corrected chi connectivity index (χ2v) is 8.02. The molecule has 0 fully saturated rings. The van der Waals surface area contributed by atoms with Gasteiger partial charge in [0.1, 0.15) is 0 Å². The summed E-state index contributed by atoms with van der Waals surface area (Å²) in [6.07, 6.45) is 3.66. The van der Waals surface area contributed by atoms with Crippen molar-refractivity contribution in [3.8, 4) is 0 Å². The van der Waals surface area contributed by atoms with Crippen LogP contribution in [0.25, 0.3) is 0 Å². The lowest BCUT2D eigenvalue weighted by Crippen LogP contribution is -2.04. The maximum Gasteiger partial charge on any atom is 0.178 e. The van der Waals surface area contributed by atoms with Crippen LogP contribution >= 0.6 is 0 Å². The summed E-state index contributed by atoms with van der Waals surface area (Å²) in [7, 11) is -3.12. The Labute approximate surface area is 132 Å². The van der Waals surface area contributed by atoms with Crippen LogP contribution in [-0.4, -0.2) is 14.2 Å². The van der Waals surface area contributed by atoms with Crippen molar-refractivity contribution in [1.29, 1.82) is 0 Å². The maximum absolute atomic E-state index is 11.8. The number of aryl methyl sites for hydroxylation is 2. The lowest BCUT2D eigenvalue weighted by molar-refractivity contribution is 0.597. The highest BCUT2D eigenvalue weighted by molar-refractivity contribution is 7.91. The van der Waals surface area contributed by atoms with Crippen LogP contribution in [0, 0.1) is 0 Å². The molecule has 22 heavy (non-hydrogen) atoms. The monoisotopic (exact) mass is 315 g/mol. The lowest BCUT2D eigenvalue weighted by atomic mass is 10.1. The predicted octanol–water partition coefficient (Wildman–Crippen LogP) is 3.58. The molecular weight excluding hydrogens is 294 g/mol. The van der Waals surface area contributed by atoms with Crippen LogP contribution in [0.15, 0.2) is 47.4 Å². The molecule has 2 aromatic rings. The van der Waals surface area contributed by atoms with Gasteiger partial charge in [0.15, 0.2) is 9.84 Å². The lowest BCUT2D eigenvalue weighted by Gasteiger charge is -2.09. The minimum atomic E-state index is -3.12. The zero-order valence-electron chi connectivity index (χ0n) is 12.8. The van der Waals surface area contributed by atoms with Gasteiger partial charge in [0.25, 0.3) is 0 Å². The van der Waals surface area contributed by atoms with Crippen molar-refractivity contribution >= 4 is 15.5 Å². The first-order valence-corrected chi connectivity index (χ1v) is 9.41. The summed E-state index contributed by atoms with van der Waals surface area (Å²) in [4.78, 5) is 0.387. The van der Waals surface area contributed by atoms with Crippen LogP contribution in [0.5, 0.6) is 0 Å². The second-order valence-electron chi connectivity index (χ2n) is 5.74. The van der Waals surface area contributed by atoms with Crippen LogP contribution in [0.1, 0.15) is 30.0 Å². The molecule has 0 amide bonds. The van der Waals surface area contributed by atoms with Gasteiger partial charge in [0.05, 0.1) is 10.6 Å². The number of sulfone groups is 1. The van der Waals surface area contributed by atoms with E-state index in [0.29, 0.717) is 4.90 Å². The van der Waals surface area contributed by atoms with E-state index in [4.69, 9.17) is 0 Å². The molecule has 0 aromatic heterocycles. The van der Waals surface area contributed by atoms with Gasteiger partial charge >= 0.3 is 0 Å². The highest BCUT2D eigenvalue weighted by atomic mass is 32.2. The summed E-state index contributed by atoms with van der Waals surface area (Å²) in [6.45, 7) is 2.42. The molecule has 0 heterocycles. The van der Waals surface area contributed by atoms with E-state index < -0.39 is 9.84 Å². The van der Waals surface area contributed by atoms with E-state index in [1.165, 1.54) is 36.0 Å². The Hall–Kier alpha value is -1.81. The highest BCUT2D eigenvalue weighted by Gasteiger charge is 2.12. The standard InChI is InChI=1S/C18H21NO2S/c1-2-22(20,21)18-10-8-17(9-11-18)19-13-14-6-7-15-4-3-5-16(15)12-14/h6-12,19H,2-5,13H2,1H3. The third-order valence-corrected chi connectivity index (χ3v) is 6.00. The fourth-order valence-corrected chi connectivity index (χ4v) is 3.77. The summed E-state index contributed by atoms with van der Waals surface area (Å²) in [6, 6.07) is 13.7. The number of rotatable bonds is 5. The Morgan fingerprint density at radius 2 is 1.73 bits per heavy atom. The molecule has 116 valence electrons. The minimum absolute atomic E-state index is 0.134. The van der Waals surface area contributed by atoms with Crippen molar-refractivity contribution in [2.75, 3.05) is 11.1 Å². The molecule has 1 aliphatic rings. The van der Waals surface area contributed by atoms with Crippen molar-refractivity contribution in [2.45, 2.75) is 37.6 Å². The Kier molecular flexibility index (Phi) is 4.21. The van der Waals surface area contributed by atoms with Crippen molar-refractivity contribution in [1.82, 2.24) is 0 Å². The van der Waals surface area contributed by atoms with Crippen molar-refractivity contribution in [3.63, 3.8) is 0 Å². The summed E-state index contributed by atoms with van der Waals surface area (Å²) >= 11 is 0. The zero-order valence-corrected chi connectivity index (χ0v) is 13.6. The molecule has 0 saturated carbocycles. The quantitative estimate of drug-likeness (QED) is 0.917. The van der Waals surface area contributed by atoms with Gasteiger partial charge in [0.2, 0.25) is 0 Å². The Bertz CT molecular complexity index is 764. The molecule has 3 rings (SSSR count). The van der Waals surface area contributed by atoms with E-state index in [1.807, 2.05) is 12.1 Å². The van der Waals surface area contributed by atoms with Gasteiger partial charge in [-0.15, -0.1) is 0 Å².